The molecule has 3 aromatic rings. The minimum absolute atomic E-state index is 0.0100. The second-order valence-corrected chi connectivity index (χ2v) is 6.09. The van der Waals surface area contributed by atoms with Crippen LogP contribution in [0.2, 0.25) is 0 Å². The molecule has 3 rings (SSSR count). The third-order valence-corrected chi connectivity index (χ3v) is 3.57. The number of nitrogens with one attached hydrogen (secondary N) is 2. The maximum atomic E-state index is 12.5. The van der Waals surface area contributed by atoms with Crippen LogP contribution in [0.4, 0.5) is 11.6 Å². The molecule has 2 heterocycles. The fourth-order valence-electron chi connectivity index (χ4n) is 2.33. The van der Waals surface area contributed by atoms with Crippen LogP contribution in [0.3, 0.4) is 0 Å². The summed E-state index contributed by atoms with van der Waals surface area (Å²) in [4.78, 5) is 25.1. The lowest BCUT2D eigenvalue weighted by atomic mass is 10.2. The van der Waals surface area contributed by atoms with Gasteiger partial charge in [-0.05, 0) is 38.1 Å². The summed E-state index contributed by atoms with van der Waals surface area (Å²) in [5, 5.41) is 5.91. The lowest BCUT2D eigenvalue weighted by Crippen LogP contribution is -2.15. The van der Waals surface area contributed by atoms with Gasteiger partial charge in [-0.3, -0.25) is 9.78 Å². The molecule has 2 N–H and O–H groups in total. The number of benzene rings is 1. The predicted octanol–water partition coefficient (Wildman–Crippen LogP) is 3.52. The summed E-state index contributed by atoms with van der Waals surface area (Å²) >= 11 is 0. The van der Waals surface area contributed by atoms with Gasteiger partial charge in [0.2, 0.25) is 5.95 Å². The monoisotopic (exact) mass is 363 g/mol. The van der Waals surface area contributed by atoms with Crippen molar-refractivity contribution in [2.24, 2.45) is 0 Å². The second-order valence-electron chi connectivity index (χ2n) is 6.09. The Hall–Kier alpha value is -3.48. The van der Waals surface area contributed by atoms with E-state index in [1.807, 2.05) is 50.2 Å². The molecule has 0 fully saturated rings. The maximum absolute atomic E-state index is 12.5. The van der Waals surface area contributed by atoms with Gasteiger partial charge < -0.3 is 15.4 Å². The molecule has 1 aromatic carbocycles. The fraction of sp³-hybridized carbons (Fsp3) is 0.200. The van der Waals surface area contributed by atoms with Gasteiger partial charge in [-0.1, -0.05) is 18.2 Å². The molecule has 0 saturated heterocycles. The van der Waals surface area contributed by atoms with Crippen molar-refractivity contribution in [2.75, 3.05) is 10.6 Å². The average Bonchev–Trinajstić information content (AvgIpc) is 2.69. The van der Waals surface area contributed by atoms with Gasteiger partial charge in [-0.25, -0.2) is 9.97 Å². The van der Waals surface area contributed by atoms with Gasteiger partial charge in [0, 0.05) is 18.6 Å². The standard InChI is InChI=1S/C20H21N5O2/c1-14(2)27-18-9-4-3-8-17(18)25-19(26)15-11-22-20(23-12-15)24-13-16-7-5-6-10-21-16/h3-12,14H,13H2,1-2H3,(H,25,26)(H,22,23,24). The van der Waals surface area contributed by atoms with E-state index in [4.69, 9.17) is 4.74 Å². The van der Waals surface area contributed by atoms with E-state index in [1.165, 1.54) is 12.4 Å². The summed E-state index contributed by atoms with van der Waals surface area (Å²) < 4.78 is 5.71. The van der Waals surface area contributed by atoms with Crippen LogP contribution < -0.4 is 15.4 Å². The largest absolute Gasteiger partial charge is 0.489 e. The molecule has 0 spiro atoms. The van der Waals surface area contributed by atoms with Crippen LogP contribution in [-0.4, -0.2) is 27.0 Å². The molecule has 0 bridgehead atoms. The van der Waals surface area contributed by atoms with Gasteiger partial charge in [0.1, 0.15) is 5.75 Å². The molecule has 27 heavy (non-hydrogen) atoms. The lowest BCUT2D eigenvalue weighted by Gasteiger charge is -2.14. The van der Waals surface area contributed by atoms with Crippen LogP contribution in [0.5, 0.6) is 5.75 Å². The van der Waals surface area contributed by atoms with Crippen molar-refractivity contribution in [1.29, 1.82) is 0 Å². The molecule has 0 saturated carbocycles. The Morgan fingerprint density at radius 3 is 2.48 bits per heavy atom. The van der Waals surface area contributed by atoms with E-state index >= 15 is 0 Å². The Morgan fingerprint density at radius 1 is 1.04 bits per heavy atom. The lowest BCUT2D eigenvalue weighted by molar-refractivity contribution is 0.102. The van der Waals surface area contributed by atoms with E-state index in [0.717, 1.165) is 5.69 Å². The van der Waals surface area contributed by atoms with Crippen LogP contribution >= 0.6 is 0 Å². The van der Waals surface area contributed by atoms with E-state index < -0.39 is 0 Å². The first-order valence-electron chi connectivity index (χ1n) is 8.64. The van der Waals surface area contributed by atoms with Crippen molar-refractivity contribution in [1.82, 2.24) is 15.0 Å². The number of amides is 1. The first kappa shape index (κ1) is 18.3. The normalized spacial score (nSPS) is 10.5. The first-order valence-corrected chi connectivity index (χ1v) is 8.64. The number of nitrogens with zero attached hydrogens (tertiary/aromatic N) is 3. The minimum Gasteiger partial charge on any atom is -0.489 e. The molecule has 0 aliphatic rings. The molecule has 138 valence electrons. The molecular formula is C20H21N5O2. The summed E-state index contributed by atoms with van der Waals surface area (Å²) in [5.41, 5.74) is 1.84. The van der Waals surface area contributed by atoms with Gasteiger partial charge >= 0.3 is 0 Å². The van der Waals surface area contributed by atoms with E-state index in [-0.39, 0.29) is 12.0 Å². The Balaban J connectivity index is 1.62. The summed E-state index contributed by atoms with van der Waals surface area (Å²) in [7, 11) is 0. The van der Waals surface area contributed by atoms with Crippen molar-refractivity contribution in [2.45, 2.75) is 26.5 Å². The summed E-state index contributed by atoms with van der Waals surface area (Å²) in [6.45, 7) is 4.37. The first-order chi connectivity index (χ1) is 13.1. The highest BCUT2D eigenvalue weighted by Crippen LogP contribution is 2.25. The molecule has 0 radical (unpaired) electrons. The fourth-order valence-corrected chi connectivity index (χ4v) is 2.33. The molecule has 1 amide bonds. The van der Waals surface area contributed by atoms with Crippen LogP contribution in [0.1, 0.15) is 29.9 Å². The number of carbonyl (C=O) groups is 1. The zero-order valence-electron chi connectivity index (χ0n) is 15.2. The third-order valence-electron chi connectivity index (χ3n) is 3.57. The van der Waals surface area contributed by atoms with Crippen molar-refractivity contribution in [3.63, 3.8) is 0 Å². The van der Waals surface area contributed by atoms with Crippen LogP contribution in [0.15, 0.2) is 61.1 Å². The third kappa shape index (κ3) is 5.24. The zero-order chi connectivity index (χ0) is 19.1. The van der Waals surface area contributed by atoms with Crippen LogP contribution in [0.25, 0.3) is 0 Å². The number of carbonyl (C=O) groups excluding carboxylic acids is 1. The summed E-state index contributed by atoms with van der Waals surface area (Å²) in [5.74, 6) is 0.752. The second kappa shape index (κ2) is 8.75. The smallest absolute Gasteiger partial charge is 0.258 e. The van der Waals surface area contributed by atoms with Crippen molar-refractivity contribution >= 4 is 17.5 Å². The van der Waals surface area contributed by atoms with Crippen LogP contribution in [0, 0.1) is 0 Å². The Morgan fingerprint density at radius 2 is 1.78 bits per heavy atom. The van der Waals surface area contributed by atoms with Crippen molar-refractivity contribution < 1.29 is 9.53 Å². The van der Waals surface area contributed by atoms with Crippen molar-refractivity contribution in [3.8, 4) is 5.75 Å². The summed E-state index contributed by atoms with van der Waals surface area (Å²) in [6, 6.07) is 13.0. The number of para-hydroxylation sites is 2. The maximum Gasteiger partial charge on any atom is 0.258 e. The molecule has 0 unspecified atom stereocenters. The molecular weight excluding hydrogens is 342 g/mol. The Kier molecular flexibility index (Phi) is 5.94. The van der Waals surface area contributed by atoms with E-state index in [9.17, 15) is 4.79 Å². The molecule has 0 aliphatic carbocycles. The van der Waals surface area contributed by atoms with Crippen LogP contribution in [-0.2, 0) is 6.54 Å². The molecule has 7 heteroatoms. The minimum atomic E-state index is -0.300. The van der Waals surface area contributed by atoms with E-state index in [2.05, 4.69) is 25.6 Å². The molecule has 2 aromatic heterocycles. The highest BCUT2D eigenvalue weighted by Gasteiger charge is 2.11. The number of ether oxygens (including phenoxy) is 1. The molecule has 7 nitrogen and oxygen atoms in total. The molecule has 0 aliphatic heterocycles. The number of pyridine rings is 1. The Labute approximate surface area is 157 Å². The summed E-state index contributed by atoms with van der Waals surface area (Å²) in [6.07, 6.45) is 4.70. The van der Waals surface area contributed by atoms with Gasteiger partial charge in [0.25, 0.3) is 5.91 Å². The number of hydrogen-bond acceptors (Lipinski definition) is 6. The number of aromatic nitrogens is 3. The van der Waals surface area contributed by atoms with E-state index in [1.54, 1.807) is 12.3 Å². The highest BCUT2D eigenvalue weighted by atomic mass is 16.5. The number of anilines is 2. The Bertz CT molecular complexity index is 882. The average molecular weight is 363 g/mol. The van der Waals surface area contributed by atoms with Gasteiger partial charge in [0.05, 0.1) is 29.6 Å². The topological polar surface area (TPSA) is 89.0 Å². The zero-order valence-corrected chi connectivity index (χ0v) is 15.2. The van der Waals surface area contributed by atoms with Crippen molar-refractivity contribution in [3.05, 3.63) is 72.3 Å². The predicted molar refractivity (Wildman–Crippen MR) is 104 cm³/mol. The van der Waals surface area contributed by atoms with Gasteiger partial charge in [0.15, 0.2) is 0 Å². The quantitative estimate of drug-likeness (QED) is 0.668. The number of rotatable bonds is 7. The van der Waals surface area contributed by atoms with Gasteiger partial charge in [-0.2, -0.15) is 0 Å². The SMILES string of the molecule is CC(C)Oc1ccccc1NC(=O)c1cnc(NCc2ccccn2)nc1. The van der Waals surface area contributed by atoms with E-state index in [0.29, 0.717) is 29.5 Å². The number of hydrogen-bond donors (Lipinski definition) is 2. The highest BCUT2D eigenvalue weighted by molar-refractivity contribution is 6.04. The van der Waals surface area contributed by atoms with Gasteiger partial charge in [-0.15, -0.1) is 0 Å². The molecule has 0 atom stereocenters.